The monoisotopic (exact) mass is 463 g/mol. The van der Waals surface area contributed by atoms with Crippen molar-refractivity contribution in [3.8, 4) is 5.69 Å². The van der Waals surface area contributed by atoms with Crippen molar-refractivity contribution in [3.63, 3.8) is 0 Å². The van der Waals surface area contributed by atoms with E-state index in [-0.39, 0.29) is 36.6 Å². The van der Waals surface area contributed by atoms with Gasteiger partial charge < -0.3 is 5.73 Å². The van der Waals surface area contributed by atoms with E-state index >= 15 is 0 Å². The summed E-state index contributed by atoms with van der Waals surface area (Å²) in [6.07, 6.45) is 0. The van der Waals surface area contributed by atoms with Gasteiger partial charge in [-0.3, -0.25) is 24.3 Å². The lowest BCUT2D eigenvalue weighted by molar-refractivity contribution is 0.0880. The van der Waals surface area contributed by atoms with Gasteiger partial charge in [0.1, 0.15) is 5.82 Å². The maximum Gasteiger partial charge on any atom is 0.262 e. The number of nitrogens with one attached hydrogen (secondary N) is 1. The highest BCUT2D eigenvalue weighted by molar-refractivity contribution is 9.11. The Morgan fingerprint density at radius 1 is 1.17 bits per heavy atom. The predicted octanol–water partition coefficient (Wildman–Crippen LogP) is 2.62. The van der Waals surface area contributed by atoms with Gasteiger partial charge in [0.05, 0.1) is 26.3 Å². The molecule has 1 aromatic heterocycles. The molecule has 0 saturated carbocycles. The number of rotatable bonds is 1. The van der Waals surface area contributed by atoms with Crippen molar-refractivity contribution in [2.24, 2.45) is 0 Å². The van der Waals surface area contributed by atoms with E-state index in [0.29, 0.717) is 0 Å². The lowest BCUT2D eigenvalue weighted by Crippen LogP contribution is -2.25. The number of fused-ring (bicyclic) bond motifs is 1. The van der Waals surface area contributed by atoms with Crippen LogP contribution in [0.5, 0.6) is 0 Å². The lowest BCUT2D eigenvalue weighted by Gasteiger charge is -2.16. The van der Waals surface area contributed by atoms with Crippen LogP contribution < -0.4 is 16.6 Å². The van der Waals surface area contributed by atoms with Crippen molar-refractivity contribution in [2.45, 2.75) is 0 Å². The quantitative estimate of drug-likeness (QED) is 0.385. The summed E-state index contributed by atoms with van der Waals surface area (Å²) in [5.74, 6) is -2.50. The summed E-state index contributed by atoms with van der Waals surface area (Å²) in [4.78, 5) is 35.8. The van der Waals surface area contributed by atoms with Crippen molar-refractivity contribution in [1.82, 2.24) is 9.88 Å². The first kappa shape index (κ1) is 16.2. The molecule has 0 radical (unpaired) electrons. The number of nitrogen functional groups attached to an aromatic ring is 1. The highest BCUT2D eigenvalue weighted by atomic mass is 79.9. The number of hydrogen-bond acceptors (Lipinski definition) is 4. The zero-order chi connectivity index (χ0) is 17.0. The molecule has 10 heteroatoms. The fourth-order valence-corrected chi connectivity index (χ4v) is 4.20. The second-order valence-corrected chi connectivity index (χ2v) is 6.65. The number of amides is 2. The summed E-state index contributed by atoms with van der Waals surface area (Å²) in [7, 11) is 0. The smallest absolute Gasteiger partial charge is 0.262 e. The molecule has 1 aromatic carbocycles. The molecule has 2 heterocycles. The molecule has 0 aliphatic carbocycles. The molecule has 6 nitrogen and oxygen atoms in total. The molecule has 3 rings (SSSR count). The molecule has 0 unspecified atom stereocenters. The minimum atomic E-state index is -0.794. The summed E-state index contributed by atoms with van der Waals surface area (Å²) >= 11 is 11.9. The number of imide groups is 1. The van der Waals surface area contributed by atoms with Crippen LogP contribution in [-0.2, 0) is 0 Å². The molecule has 0 saturated heterocycles. The first-order chi connectivity index (χ1) is 10.7. The van der Waals surface area contributed by atoms with E-state index in [2.05, 4.69) is 31.9 Å². The van der Waals surface area contributed by atoms with E-state index in [1.54, 1.807) is 0 Å². The SMILES string of the molecule is Nc1c2c(cc(=O)n1-c1c(Br)cc(Cl)c(F)c1Br)C(=O)NC2=O. The molecular weight excluding hydrogens is 460 g/mol. The molecule has 0 spiro atoms. The number of pyridine rings is 1. The topological polar surface area (TPSA) is 94.2 Å². The van der Waals surface area contributed by atoms with E-state index in [1.807, 2.05) is 5.32 Å². The normalized spacial score (nSPS) is 13.2. The van der Waals surface area contributed by atoms with Gasteiger partial charge in [-0.1, -0.05) is 11.6 Å². The van der Waals surface area contributed by atoms with Crippen LogP contribution in [0, 0.1) is 5.82 Å². The number of carbonyl (C=O) groups excluding carboxylic acids is 2. The van der Waals surface area contributed by atoms with Crippen LogP contribution in [0.25, 0.3) is 5.69 Å². The maximum absolute atomic E-state index is 14.0. The Hall–Kier alpha value is -1.71. The van der Waals surface area contributed by atoms with Crippen molar-refractivity contribution in [1.29, 1.82) is 0 Å². The molecule has 23 heavy (non-hydrogen) atoms. The first-order valence-electron chi connectivity index (χ1n) is 5.98. The number of halogens is 4. The molecular formula is C13H5Br2ClFN3O3. The molecule has 1 aliphatic rings. The number of nitrogens with two attached hydrogens (primary N) is 1. The third-order valence-electron chi connectivity index (χ3n) is 3.27. The van der Waals surface area contributed by atoms with E-state index in [1.165, 1.54) is 6.07 Å². The van der Waals surface area contributed by atoms with Gasteiger partial charge >= 0.3 is 0 Å². The Kier molecular flexibility index (Phi) is 3.81. The van der Waals surface area contributed by atoms with Crippen molar-refractivity contribution in [3.05, 3.63) is 53.4 Å². The predicted molar refractivity (Wildman–Crippen MR) is 88.6 cm³/mol. The molecule has 118 valence electrons. The average Bonchev–Trinajstić information content (AvgIpc) is 2.74. The van der Waals surface area contributed by atoms with Crippen LogP contribution in [0.1, 0.15) is 20.7 Å². The Morgan fingerprint density at radius 2 is 1.83 bits per heavy atom. The minimum absolute atomic E-state index is 0.0318. The van der Waals surface area contributed by atoms with Crippen LogP contribution in [0.3, 0.4) is 0 Å². The number of carbonyl (C=O) groups is 2. The van der Waals surface area contributed by atoms with Crippen LogP contribution in [0.4, 0.5) is 10.2 Å². The minimum Gasteiger partial charge on any atom is -0.384 e. The zero-order valence-electron chi connectivity index (χ0n) is 10.9. The Labute approximate surface area is 149 Å². The Morgan fingerprint density at radius 3 is 2.48 bits per heavy atom. The zero-order valence-corrected chi connectivity index (χ0v) is 14.8. The lowest BCUT2D eigenvalue weighted by atomic mass is 10.1. The second-order valence-electron chi connectivity index (χ2n) is 4.59. The summed E-state index contributed by atoms with van der Waals surface area (Å²) < 4.78 is 15.1. The summed E-state index contributed by atoms with van der Waals surface area (Å²) in [5.41, 5.74) is 4.98. The van der Waals surface area contributed by atoms with Gasteiger partial charge in [-0.15, -0.1) is 0 Å². The van der Waals surface area contributed by atoms with Crippen molar-refractivity contribution < 1.29 is 14.0 Å². The van der Waals surface area contributed by atoms with E-state index in [4.69, 9.17) is 17.3 Å². The Bertz CT molecular complexity index is 974. The van der Waals surface area contributed by atoms with Crippen LogP contribution in [0.15, 0.2) is 25.9 Å². The average molecular weight is 465 g/mol. The number of aromatic nitrogens is 1. The van der Waals surface area contributed by atoms with E-state index < -0.39 is 23.2 Å². The molecule has 1 aliphatic heterocycles. The highest BCUT2D eigenvalue weighted by Gasteiger charge is 2.32. The number of hydrogen-bond donors (Lipinski definition) is 2. The maximum atomic E-state index is 14.0. The summed E-state index contributed by atoms with van der Waals surface area (Å²) in [6.45, 7) is 0. The van der Waals surface area contributed by atoms with Gasteiger partial charge in [0.15, 0.2) is 5.82 Å². The van der Waals surface area contributed by atoms with Crippen LogP contribution in [-0.4, -0.2) is 16.4 Å². The highest BCUT2D eigenvalue weighted by Crippen LogP contribution is 2.37. The van der Waals surface area contributed by atoms with Crippen LogP contribution >= 0.6 is 43.5 Å². The molecule has 0 atom stereocenters. The van der Waals surface area contributed by atoms with Crippen molar-refractivity contribution in [2.75, 3.05) is 5.73 Å². The number of nitrogens with zero attached hydrogens (tertiary/aromatic N) is 1. The van der Waals surface area contributed by atoms with Gasteiger partial charge in [-0.25, -0.2) is 4.39 Å². The third-order valence-corrected chi connectivity index (χ3v) is 4.87. The van der Waals surface area contributed by atoms with Gasteiger partial charge in [-0.05, 0) is 37.9 Å². The van der Waals surface area contributed by atoms with Crippen molar-refractivity contribution >= 4 is 61.1 Å². The largest absolute Gasteiger partial charge is 0.384 e. The molecule has 0 bridgehead atoms. The fraction of sp³-hybridized carbons (Fsp3) is 0. The standard InChI is InChI=1S/C13H5Br2ClFN3O3/c14-4-2-5(16)9(17)8(15)10(4)20-6(21)1-3-7(11(20)18)13(23)19-12(3)22/h1-2H,18H2,(H,19,22,23). The fourth-order valence-electron chi connectivity index (χ4n) is 2.27. The molecule has 3 N–H and O–H groups in total. The number of anilines is 1. The number of benzene rings is 1. The van der Waals surface area contributed by atoms with E-state index in [0.717, 1.165) is 10.6 Å². The first-order valence-corrected chi connectivity index (χ1v) is 7.95. The van der Waals surface area contributed by atoms with E-state index in [9.17, 15) is 18.8 Å². The third kappa shape index (κ3) is 2.30. The molecule has 2 amide bonds. The van der Waals surface area contributed by atoms with Gasteiger partial charge in [0, 0.05) is 10.5 Å². The van der Waals surface area contributed by atoms with Gasteiger partial charge in [0.2, 0.25) is 0 Å². The van der Waals surface area contributed by atoms with Gasteiger partial charge in [0.25, 0.3) is 17.4 Å². The summed E-state index contributed by atoms with van der Waals surface area (Å²) in [6, 6.07) is 2.22. The second kappa shape index (κ2) is 5.43. The molecule has 0 fully saturated rings. The Balaban J connectivity index is 2.43. The molecule has 2 aromatic rings. The van der Waals surface area contributed by atoms with Crippen LogP contribution in [0.2, 0.25) is 5.02 Å². The summed E-state index contributed by atoms with van der Waals surface area (Å²) in [5, 5.41) is 1.88. The van der Waals surface area contributed by atoms with Gasteiger partial charge in [-0.2, -0.15) is 0 Å².